The second-order valence-electron chi connectivity index (χ2n) is 6.48. The third-order valence-electron chi connectivity index (χ3n) is 4.48. The Kier molecular flexibility index (Phi) is 4.02. The molecule has 0 fully saturated rings. The van der Waals surface area contributed by atoms with Crippen LogP contribution in [0.4, 0.5) is 0 Å². The molecule has 1 N–H and O–H groups in total. The summed E-state index contributed by atoms with van der Waals surface area (Å²) in [5.74, 6) is 0.940. The Balaban J connectivity index is 1.77. The van der Waals surface area contributed by atoms with E-state index in [1.54, 1.807) is 0 Å². The zero-order valence-corrected chi connectivity index (χ0v) is 14.3. The van der Waals surface area contributed by atoms with Crippen LogP contribution in [-0.4, -0.2) is 15.8 Å². The lowest BCUT2D eigenvalue weighted by Crippen LogP contribution is -2.25. The molecule has 1 aliphatic rings. The molecule has 1 aromatic carbocycles. The number of hydrogen-bond acceptors (Lipinski definition) is 4. The highest BCUT2D eigenvalue weighted by atomic mass is 15.1. The van der Waals surface area contributed by atoms with Crippen molar-refractivity contribution in [3.63, 3.8) is 0 Å². The van der Waals surface area contributed by atoms with Gasteiger partial charge in [-0.1, -0.05) is 17.2 Å². The predicted molar refractivity (Wildman–Crippen MR) is 99.5 cm³/mol. The topological polar surface area (TPSA) is 50.2 Å². The minimum Gasteiger partial charge on any atom is -0.361 e. The monoisotopic (exact) mass is 328 g/mol. The number of pyridine rings is 2. The first-order chi connectivity index (χ1) is 12.2. The van der Waals surface area contributed by atoms with Crippen LogP contribution >= 0.6 is 0 Å². The molecule has 0 saturated carbocycles. The average Bonchev–Trinajstić information content (AvgIpc) is 3.08. The van der Waals surface area contributed by atoms with E-state index in [2.05, 4.69) is 47.3 Å². The molecule has 124 valence electrons. The van der Waals surface area contributed by atoms with Crippen LogP contribution in [0, 0.1) is 13.8 Å². The molecular weight excluding hydrogens is 308 g/mol. The van der Waals surface area contributed by atoms with E-state index in [0.29, 0.717) is 0 Å². The fraction of sp³-hybridized carbons (Fsp3) is 0.190. The molecule has 2 unspecified atom stereocenters. The Morgan fingerprint density at radius 3 is 1.92 bits per heavy atom. The molecule has 0 spiro atoms. The minimum atomic E-state index is 0.0150. The van der Waals surface area contributed by atoms with Crippen molar-refractivity contribution in [2.45, 2.75) is 25.9 Å². The van der Waals surface area contributed by atoms with Gasteiger partial charge < -0.3 is 5.32 Å². The summed E-state index contributed by atoms with van der Waals surface area (Å²) >= 11 is 0. The van der Waals surface area contributed by atoms with E-state index in [0.717, 1.165) is 17.0 Å². The molecule has 2 aromatic heterocycles. The van der Waals surface area contributed by atoms with Crippen LogP contribution in [-0.2, 0) is 0 Å². The number of benzene rings is 1. The molecule has 0 saturated heterocycles. The van der Waals surface area contributed by atoms with Crippen LogP contribution < -0.4 is 5.32 Å². The molecular formula is C21H20N4. The van der Waals surface area contributed by atoms with Crippen LogP contribution in [0.3, 0.4) is 0 Å². The third kappa shape index (κ3) is 3.15. The fourth-order valence-electron chi connectivity index (χ4n) is 3.41. The minimum absolute atomic E-state index is 0.0150. The lowest BCUT2D eigenvalue weighted by molar-refractivity contribution is 0.571. The van der Waals surface area contributed by atoms with Gasteiger partial charge in [0.15, 0.2) is 0 Å². The molecule has 0 bridgehead atoms. The van der Waals surface area contributed by atoms with Crippen molar-refractivity contribution in [2.75, 3.05) is 0 Å². The second kappa shape index (κ2) is 6.48. The number of aliphatic imine (C=N–C) groups is 1. The Morgan fingerprint density at radius 1 is 0.760 bits per heavy atom. The van der Waals surface area contributed by atoms with Crippen molar-refractivity contribution in [2.24, 2.45) is 4.99 Å². The normalized spacial score (nSPS) is 19.4. The molecule has 3 aromatic rings. The molecule has 0 amide bonds. The summed E-state index contributed by atoms with van der Waals surface area (Å²) in [5.41, 5.74) is 5.95. The van der Waals surface area contributed by atoms with Gasteiger partial charge in [0.2, 0.25) is 0 Å². The van der Waals surface area contributed by atoms with Gasteiger partial charge >= 0.3 is 0 Å². The Labute approximate surface area is 147 Å². The first-order valence-corrected chi connectivity index (χ1v) is 8.43. The Bertz CT molecular complexity index is 883. The highest BCUT2D eigenvalue weighted by Crippen LogP contribution is 2.36. The highest BCUT2D eigenvalue weighted by Gasteiger charge is 2.31. The van der Waals surface area contributed by atoms with E-state index < -0.39 is 0 Å². The predicted octanol–water partition coefficient (Wildman–Crippen LogP) is 3.93. The van der Waals surface area contributed by atoms with E-state index in [4.69, 9.17) is 4.99 Å². The van der Waals surface area contributed by atoms with Gasteiger partial charge in [0, 0.05) is 30.4 Å². The average molecular weight is 328 g/mol. The van der Waals surface area contributed by atoms with Crippen molar-refractivity contribution in [1.29, 1.82) is 0 Å². The van der Waals surface area contributed by atoms with Crippen molar-refractivity contribution in [3.05, 3.63) is 95.1 Å². The number of amidine groups is 1. The summed E-state index contributed by atoms with van der Waals surface area (Å²) in [7, 11) is 0. The van der Waals surface area contributed by atoms with Gasteiger partial charge in [0.05, 0.1) is 6.04 Å². The maximum atomic E-state index is 5.03. The first kappa shape index (κ1) is 15.5. The van der Waals surface area contributed by atoms with Gasteiger partial charge in [-0.15, -0.1) is 0 Å². The van der Waals surface area contributed by atoms with Crippen molar-refractivity contribution < 1.29 is 0 Å². The van der Waals surface area contributed by atoms with Crippen LogP contribution in [0.1, 0.15) is 39.9 Å². The van der Waals surface area contributed by atoms with Gasteiger partial charge in [0.25, 0.3) is 0 Å². The quantitative estimate of drug-likeness (QED) is 0.792. The molecule has 4 heteroatoms. The molecule has 0 aliphatic carbocycles. The molecule has 3 heterocycles. The van der Waals surface area contributed by atoms with E-state index in [9.17, 15) is 0 Å². The molecule has 1 aliphatic heterocycles. The van der Waals surface area contributed by atoms with Crippen LogP contribution in [0.25, 0.3) is 0 Å². The van der Waals surface area contributed by atoms with Crippen LogP contribution in [0.15, 0.2) is 72.2 Å². The maximum absolute atomic E-state index is 5.03. The third-order valence-corrected chi connectivity index (χ3v) is 4.48. The standard InChI is InChI=1S/C21H20N4/c1-14-11-15(2)13-18(12-14)21-24-19(16-3-7-22-8-4-16)20(25-21)17-5-9-23-10-6-17/h3-13,19-20H,1-2H3,(H,24,25). The Morgan fingerprint density at radius 2 is 1.32 bits per heavy atom. The van der Waals surface area contributed by atoms with E-state index >= 15 is 0 Å². The zero-order valence-electron chi connectivity index (χ0n) is 14.3. The molecule has 4 nitrogen and oxygen atoms in total. The summed E-state index contributed by atoms with van der Waals surface area (Å²) in [6, 6.07) is 14.8. The van der Waals surface area contributed by atoms with E-state index in [1.165, 1.54) is 16.7 Å². The van der Waals surface area contributed by atoms with Crippen LogP contribution in [0.2, 0.25) is 0 Å². The second-order valence-corrected chi connectivity index (χ2v) is 6.48. The number of aryl methyl sites for hydroxylation is 2. The SMILES string of the molecule is Cc1cc(C)cc(C2=NC(c3ccncc3)C(c3ccncc3)N2)c1. The number of hydrogen-bond donors (Lipinski definition) is 1. The van der Waals surface area contributed by atoms with Gasteiger partial charge in [0.1, 0.15) is 11.9 Å². The largest absolute Gasteiger partial charge is 0.361 e. The molecule has 25 heavy (non-hydrogen) atoms. The molecule has 4 rings (SSSR count). The Hall–Kier alpha value is -3.01. The smallest absolute Gasteiger partial charge is 0.129 e. The van der Waals surface area contributed by atoms with E-state index in [-0.39, 0.29) is 12.1 Å². The lowest BCUT2D eigenvalue weighted by Gasteiger charge is -2.19. The zero-order chi connectivity index (χ0) is 17.2. The van der Waals surface area contributed by atoms with Gasteiger partial charge in [-0.2, -0.15) is 0 Å². The summed E-state index contributed by atoms with van der Waals surface area (Å²) < 4.78 is 0. The lowest BCUT2D eigenvalue weighted by atomic mass is 9.96. The number of rotatable bonds is 3. The van der Waals surface area contributed by atoms with Crippen molar-refractivity contribution in [1.82, 2.24) is 15.3 Å². The molecule has 2 atom stereocenters. The van der Waals surface area contributed by atoms with Crippen molar-refractivity contribution in [3.8, 4) is 0 Å². The molecule has 0 radical (unpaired) electrons. The first-order valence-electron chi connectivity index (χ1n) is 8.43. The highest BCUT2D eigenvalue weighted by molar-refractivity contribution is 6.00. The van der Waals surface area contributed by atoms with Gasteiger partial charge in [-0.3, -0.25) is 15.0 Å². The number of aromatic nitrogens is 2. The van der Waals surface area contributed by atoms with Crippen LogP contribution in [0.5, 0.6) is 0 Å². The van der Waals surface area contributed by atoms with Gasteiger partial charge in [-0.05, 0) is 61.4 Å². The number of nitrogens with one attached hydrogen (secondary N) is 1. The summed E-state index contributed by atoms with van der Waals surface area (Å²) in [5, 5.41) is 3.63. The van der Waals surface area contributed by atoms with Crippen molar-refractivity contribution >= 4 is 5.84 Å². The van der Waals surface area contributed by atoms with E-state index in [1.807, 2.05) is 49.1 Å². The summed E-state index contributed by atoms with van der Waals surface area (Å²) in [4.78, 5) is 13.3. The fourth-order valence-corrected chi connectivity index (χ4v) is 3.41. The maximum Gasteiger partial charge on any atom is 0.129 e. The van der Waals surface area contributed by atoms with Gasteiger partial charge in [-0.25, -0.2) is 0 Å². The summed E-state index contributed by atoms with van der Waals surface area (Å²) in [6.07, 6.45) is 7.30. The summed E-state index contributed by atoms with van der Waals surface area (Å²) in [6.45, 7) is 4.24. The number of nitrogens with zero attached hydrogens (tertiary/aromatic N) is 3.